The summed E-state index contributed by atoms with van der Waals surface area (Å²) in [6.07, 6.45) is 4.59. The number of allylic oxidation sites excluding steroid dienone is 1. The van der Waals surface area contributed by atoms with Crippen LogP contribution in [-0.4, -0.2) is 36.2 Å². The van der Waals surface area contributed by atoms with Gasteiger partial charge in [-0.1, -0.05) is 6.42 Å². The number of hydrogen-bond acceptors (Lipinski definition) is 4. The Balaban J connectivity index is 2.87. The highest BCUT2D eigenvalue weighted by Gasteiger charge is 2.26. The monoisotopic (exact) mass is 269 g/mol. The maximum atomic E-state index is 12.2. The van der Waals surface area contributed by atoms with Gasteiger partial charge < -0.3 is 9.47 Å². The van der Waals surface area contributed by atoms with Crippen LogP contribution < -0.4 is 0 Å². The van der Waals surface area contributed by atoms with Gasteiger partial charge in [-0.3, -0.25) is 4.90 Å². The average Bonchev–Trinajstić information content (AvgIpc) is 2.52. The number of ether oxygens (including phenoxy) is 2. The van der Waals surface area contributed by atoms with Crippen LogP contribution in [-0.2, 0) is 14.3 Å². The van der Waals surface area contributed by atoms with E-state index < -0.39 is 17.7 Å². The molecule has 1 fully saturated rings. The highest BCUT2D eigenvalue weighted by atomic mass is 16.6. The molecule has 1 aliphatic rings. The molecular formula is C14H23NO4. The Morgan fingerprint density at radius 3 is 2.47 bits per heavy atom. The highest BCUT2D eigenvalue weighted by Crippen LogP contribution is 2.22. The third-order valence-corrected chi connectivity index (χ3v) is 2.76. The van der Waals surface area contributed by atoms with E-state index in [0.29, 0.717) is 18.7 Å². The van der Waals surface area contributed by atoms with Crippen molar-refractivity contribution in [3.63, 3.8) is 0 Å². The second-order valence-corrected chi connectivity index (χ2v) is 5.60. The molecule has 0 N–H and O–H groups in total. The van der Waals surface area contributed by atoms with Crippen molar-refractivity contribution in [1.82, 2.24) is 4.90 Å². The third-order valence-electron chi connectivity index (χ3n) is 2.76. The molecule has 5 heteroatoms. The van der Waals surface area contributed by atoms with Gasteiger partial charge in [0.05, 0.1) is 7.11 Å². The van der Waals surface area contributed by atoms with E-state index >= 15 is 0 Å². The largest absolute Gasteiger partial charge is 0.466 e. The number of carbonyl (C=O) groups excluding carboxylic acids is 2. The van der Waals surface area contributed by atoms with E-state index in [-0.39, 0.29) is 0 Å². The first-order valence-corrected chi connectivity index (χ1v) is 6.62. The van der Waals surface area contributed by atoms with E-state index in [4.69, 9.17) is 4.74 Å². The fourth-order valence-electron chi connectivity index (χ4n) is 1.90. The lowest BCUT2D eigenvalue weighted by Gasteiger charge is -2.27. The molecule has 19 heavy (non-hydrogen) atoms. The predicted molar refractivity (Wildman–Crippen MR) is 71.5 cm³/mol. The highest BCUT2D eigenvalue weighted by molar-refractivity contribution is 5.84. The van der Waals surface area contributed by atoms with Gasteiger partial charge in [0.2, 0.25) is 0 Å². The fourth-order valence-corrected chi connectivity index (χ4v) is 1.90. The summed E-state index contributed by atoms with van der Waals surface area (Å²) in [5.74, 6) is -0.439. The van der Waals surface area contributed by atoms with Crippen LogP contribution in [0.1, 0.15) is 46.5 Å². The Bertz CT molecular complexity index is 368. The topological polar surface area (TPSA) is 55.8 Å². The molecule has 0 aromatic carbocycles. The molecule has 108 valence electrons. The van der Waals surface area contributed by atoms with Crippen molar-refractivity contribution in [3.05, 3.63) is 11.8 Å². The van der Waals surface area contributed by atoms with Gasteiger partial charge in [-0.25, -0.2) is 9.59 Å². The summed E-state index contributed by atoms with van der Waals surface area (Å²) in [7, 11) is 1.33. The zero-order valence-electron chi connectivity index (χ0n) is 12.2. The van der Waals surface area contributed by atoms with Crippen LogP contribution in [0.25, 0.3) is 0 Å². The Morgan fingerprint density at radius 2 is 1.89 bits per heavy atom. The van der Waals surface area contributed by atoms with Crippen LogP contribution in [0.15, 0.2) is 11.8 Å². The summed E-state index contributed by atoms with van der Waals surface area (Å²) >= 11 is 0. The molecule has 1 rings (SSSR count). The normalized spacial score (nSPS) is 18.9. The smallest absolute Gasteiger partial charge is 0.414 e. The summed E-state index contributed by atoms with van der Waals surface area (Å²) in [5, 5.41) is 0. The van der Waals surface area contributed by atoms with E-state index in [0.717, 1.165) is 19.3 Å². The molecule has 0 spiro atoms. The number of rotatable bonds is 1. The third kappa shape index (κ3) is 5.32. The quantitative estimate of drug-likeness (QED) is 0.542. The van der Waals surface area contributed by atoms with Crippen molar-refractivity contribution in [1.29, 1.82) is 0 Å². The molecule has 1 heterocycles. The van der Waals surface area contributed by atoms with Crippen LogP contribution in [0, 0.1) is 0 Å². The standard InChI is InChI=1S/C14H23NO4/c1-14(2,3)19-13(17)15-9-7-5-6-8-11(15)10-12(16)18-4/h10H,5-9H2,1-4H3/b11-10+. The van der Waals surface area contributed by atoms with Crippen LogP contribution in [0.2, 0.25) is 0 Å². The maximum Gasteiger partial charge on any atom is 0.414 e. The number of carbonyl (C=O) groups is 2. The first kappa shape index (κ1) is 15.5. The molecular weight excluding hydrogens is 246 g/mol. The second kappa shape index (κ2) is 6.59. The Kier molecular flexibility index (Phi) is 5.39. The molecule has 0 radical (unpaired) electrons. The number of hydrogen-bond donors (Lipinski definition) is 0. The van der Waals surface area contributed by atoms with E-state index in [2.05, 4.69) is 4.74 Å². The van der Waals surface area contributed by atoms with Crippen molar-refractivity contribution in [2.75, 3.05) is 13.7 Å². The first-order chi connectivity index (χ1) is 8.83. The van der Waals surface area contributed by atoms with Crippen molar-refractivity contribution in [2.24, 2.45) is 0 Å². The van der Waals surface area contributed by atoms with E-state index in [1.807, 2.05) is 20.8 Å². The molecule has 0 aromatic rings. The second-order valence-electron chi connectivity index (χ2n) is 5.60. The van der Waals surface area contributed by atoms with E-state index in [1.54, 1.807) is 4.90 Å². The maximum absolute atomic E-state index is 12.2. The number of amides is 1. The number of likely N-dealkylation sites (tertiary alicyclic amines) is 1. The van der Waals surface area contributed by atoms with Gasteiger partial charge in [0.25, 0.3) is 0 Å². The van der Waals surface area contributed by atoms with E-state index in [1.165, 1.54) is 13.2 Å². The number of methoxy groups -OCH3 is 1. The van der Waals surface area contributed by atoms with E-state index in [9.17, 15) is 9.59 Å². The minimum atomic E-state index is -0.542. The fraction of sp³-hybridized carbons (Fsp3) is 0.714. The van der Waals surface area contributed by atoms with Crippen molar-refractivity contribution in [2.45, 2.75) is 52.1 Å². The van der Waals surface area contributed by atoms with Gasteiger partial charge in [-0.15, -0.1) is 0 Å². The lowest BCUT2D eigenvalue weighted by Crippen LogP contribution is -2.36. The van der Waals surface area contributed by atoms with Crippen LogP contribution in [0.3, 0.4) is 0 Å². The Morgan fingerprint density at radius 1 is 1.21 bits per heavy atom. The number of nitrogens with zero attached hydrogens (tertiary/aromatic N) is 1. The molecule has 0 aromatic heterocycles. The van der Waals surface area contributed by atoms with Crippen LogP contribution in [0.4, 0.5) is 4.79 Å². The molecule has 0 atom stereocenters. The van der Waals surface area contributed by atoms with Gasteiger partial charge in [0.15, 0.2) is 0 Å². The summed E-state index contributed by atoms with van der Waals surface area (Å²) in [6.45, 7) is 6.06. The first-order valence-electron chi connectivity index (χ1n) is 6.62. The zero-order chi connectivity index (χ0) is 14.5. The van der Waals surface area contributed by atoms with Crippen molar-refractivity contribution < 1.29 is 19.1 Å². The summed E-state index contributed by atoms with van der Waals surface area (Å²) in [6, 6.07) is 0. The van der Waals surface area contributed by atoms with Gasteiger partial charge >= 0.3 is 12.1 Å². The van der Waals surface area contributed by atoms with Crippen LogP contribution >= 0.6 is 0 Å². The van der Waals surface area contributed by atoms with Gasteiger partial charge in [0.1, 0.15) is 5.60 Å². The molecule has 0 saturated carbocycles. The Labute approximate surface area is 114 Å². The molecule has 0 aliphatic carbocycles. The molecule has 1 amide bonds. The lowest BCUT2D eigenvalue weighted by molar-refractivity contribution is -0.134. The average molecular weight is 269 g/mol. The number of esters is 1. The summed E-state index contributed by atoms with van der Waals surface area (Å²) < 4.78 is 10.0. The van der Waals surface area contributed by atoms with Gasteiger partial charge in [-0.05, 0) is 40.0 Å². The minimum absolute atomic E-state index is 0.399. The summed E-state index contributed by atoms with van der Waals surface area (Å²) in [4.78, 5) is 25.1. The molecule has 1 aliphatic heterocycles. The van der Waals surface area contributed by atoms with Crippen molar-refractivity contribution >= 4 is 12.1 Å². The van der Waals surface area contributed by atoms with Crippen molar-refractivity contribution in [3.8, 4) is 0 Å². The van der Waals surface area contributed by atoms with Gasteiger partial charge in [-0.2, -0.15) is 0 Å². The molecule has 1 saturated heterocycles. The summed E-state index contributed by atoms with van der Waals surface area (Å²) in [5.41, 5.74) is 0.137. The SMILES string of the molecule is COC(=O)/C=C1\CCCCCN1C(=O)OC(C)(C)C. The minimum Gasteiger partial charge on any atom is -0.466 e. The predicted octanol–water partition coefficient (Wildman–Crippen LogP) is 2.85. The Hall–Kier alpha value is -1.52. The molecule has 0 unspecified atom stereocenters. The van der Waals surface area contributed by atoms with Gasteiger partial charge in [0, 0.05) is 18.3 Å². The molecule has 5 nitrogen and oxygen atoms in total. The lowest BCUT2D eigenvalue weighted by atomic mass is 10.2. The zero-order valence-corrected chi connectivity index (χ0v) is 12.2. The molecule has 0 bridgehead atoms. The van der Waals surface area contributed by atoms with Crippen LogP contribution in [0.5, 0.6) is 0 Å².